The highest BCUT2D eigenvalue weighted by molar-refractivity contribution is 4.86. The van der Waals surface area contributed by atoms with Crippen molar-refractivity contribution in [2.24, 2.45) is 23.7 Å². The maximum absolute atomic E-state index is 3.83. The fraction of sp³-hybridized carbons (Fsp3) is 1.00. The van der Waals surface area contributed by atoms with Gasteiger partial charge in [0.25, 0.3) is 0 Å². The molecule has 0 aromatic carbocycles. The Morgan fingerprint density at radius 3 is 2.12 bits per heavy atom. The lowest BCUT2D eigenvalue weighted by Crippen LogP contribution is -2.44. The second-order valence-corrected chi connectivity index (χ2v) is 6.54. The minimum absolute atomic E-state index is 0.755. The molecule has 0 bridgehead atoms. The quantitative estimate of drug-likeness (QED) is 0.721. The van der Waals surface area contributed by atoms with Gasteiger partial charge in [-0.05, 0) is 55.9 Å². The smallest absolute Gasteiger partial charge is 0.0121 e. The van der Waals surface area contributed by atoms with E-state index in [2.05, 4.69) is 39.9 Å². The van der Waals surface area contributed by atoms with Crippen LogP contribution in [-0.2, 0) is 0 Å². The lowest BCUT2D eigenvalue weighted by molar-refractivity contribution is 0.146. The molecule has 0 amide bonds. The van der Waals surface area contributed by atoms with Crippen molar-refractivity contribution in [3.8, 4) is 0 Å². The van der Waals surface area contributed by atoms with Crippen molar-refractivity contribution >= 4 is 0 Å². The third-order valence-corrected chi connectivity index (χ3v) is 4.61. The Bertz CT molecular complexity index is 192. The molecule has 4 unspecified atom stereocenters. The van der Waals surface area contributed by atoms with Crippen LogP contribution in [-0.4, -0.2) is 12.6 Å². The van der Waals surface area contributed by atoms with Crippen molar-refractivity contribution in [2.75, 3.05) is 6.54 Å². The van der Waals surface area contributed by atoms with Gasteiger partial charge in [0.1, 0.15) is 0 Å². The van der Waals surface area contributed by atoms with Gasteiger partial charge < -0.3 is 5.32 Å². The van der Waals surface area contributed by atoms with Gasteiger partial charge in [-0.25, -0.2) is 0 Å². The lowest BCUT2D eigenvalue weighted by Gasteiger charge is -2.39. The van der Waals surface area contributed by atoms with Gasteiger partial charge in [0.15, 0.2) is 0 Å². The standard InChI is InChI=1S/C16H33N/c1-6-8-17-16(14(5)7-2)15-10-12(3)9-13(4)11-15/h12-17H,6-11H2,1-5H3. The minimum Gasteiger partial charge on any atom is -0.313 e. The summed E-state index contributed by atoms with van der Waals surface area (Å²) >= 11 is 0. The first-order valence-electron chi connectivity index (χ1n) is 7.81. The predicted molar refractivity (Wildman–Crippen MR) is 77.2 cm³/mol. The van der Waals surface area contributed by atoms with Crippen LogP contribution < -0.4 is 5.32 Å². The number of hydrogen-bond donors (Lipinski definition) is 1. The van der Waals surface area contributed by atoms with E-state index in [-0.39, 0.29) is 0 Å². The number of hydrogen-bond acceptors (Lipinski definition) is 1. The molecule has 1 saturated carbocycles. The first-order valence-corrected chi connectivity index (χ1v) is 7.81. The third-order valence-electron chi connectivity index (χ3n) is 4.61. The molecule has 1 N–H and O–H groups in total. The SMILES string of the molecule is CCCNC(C(C)CC)C1CC(C)CC(C)C1. The van der Waals surface area contributed by atoms with Gasteiger partial charge >= 0.3 is 0 Å². The average molecular weight is 239 g/mol. The monoisotopic (exact) mass is 239 g/mol. The van der Waals surface area contributed by atoms with Crippen molar-refractivity contribution in [2.45, 2.75) is 72.8 Å². The second kappa shape index (κ2) is 7.41. The molecule has 1 fully saturated rings. The molecule has 1 heteroatoms. The first-order chi connectivity index (χ1) is 8.08. The van der Waals surface area contributed by atoms with Crippen LogP contribution in [0.5, 0.6) is 0 Å². The summed E-state index contributed by atoms with van der Waals surface area (Å²) < 4.78 is 0. The highest BCUT2D eigenvalue weighted by Gasteiger charge is 2.31. The summed E-state index contributed by atoms with van der Waals surface area (Å²) in [7, 11) is 0. The van der Waals surface area contributed by atoms with Crippen LogP contribution in [0.1, 0.15) is 66.7 Å². The normalized spacial score (nSPS) is 33.4. The molecule has 0 saturated heterocycles. The van der Waals surface area contributed by atoms with Crippen LogP contribution in [0.25, 0.3) is 0 Å². The molecule has 1 aliphatic carbocycles. The molecule has 0 aromatic rings. The molecule has 0 aromatic heterocycles. The van der Waals surface area contributed by atoms with Gasteiger partial charge in [-0.15, -0.1) is 0 Å². The molecule has 0 radical (unpaired) electrons. The van der Waals surface area contributed by atoms with Crippen LogP contribution in [0.15, 0.2) is 0 Å². The van der Waals surface area contributed by atoms with Gasteiger partial charge in [0.2, 0.25) is 0 Å². The van der Waals surface area contributed by atoms with Crippen molar-refractivity contribution in [1.29, 1.82) is 0 Å². The summed E-state index contributed by atoms with van der Waals surface area (Å²) in [5.41, 5.74) is 0. The molecule has 1 rings (SSSR count). The Hall–Kier alpha value is -0.0400. The van der Waals surface area contributed by atoms with Crippen molar-refractivity contribution in [1.82, 2.24) is 5.32 Å². The Kier molecular flexibility index (Phi) is 6.54. The Morgan fingerprint density at radius 1 is 1.06 bits per heavy atom. The summed E-state index contributed by atoms with van der Waals surface area (Å²) in [5.74, 6) is 3.59. The summed E-state index contributed by atoms with van der Waals surface area (Å²) in [6.07, 6.45) is 6.88. The molecule has 0 spiro atoms. The minimum atomic E-state index is 0.755. The van der Waals surface area contributed by atoms with Gasteiger partial charge in [0.05, 0.1) is 0 Å². The third kappa shape index (κ3) is 4.62. The Balaban J connectivity index is 2.60. The number of nitrogens with one attached hydrogen (secondary N) is 1. The molecule has 1 aliphatic rings. The van der Waals surface area contributed by atoms with E-state index < -0.39 is 0 Å². The zero-order valence-electron chi connectivity index (χ0n) is 12.6. The zero-order chi connectivity index (χ0) is 12.8. The average Bonchev–Trinajstić information content (AvgIpc) is 2.28. The number of rotatable bonds is 6. The highest BCUT2D eigenvalue weighted by Crippen LogP contribution is 2.36. The van der Waals surface area contributed by atoms with E-state index in [4.69, 9.17) is 0 Å². The first kappa shape index (κ1) is 15.0. The van der Waals surface area contributed by atoms with E-state index in [0.29, 0.717) is 0 Å². The van der Waals surface area contributed by atoms with Crippen LogP contribution >= 0.6 is 0 Å². The zero-order valence-corrected chi connectivity index (χ0v) is 12.6. The second-order valence-electron chi connectivity index (χ2n) is 6.54. The van der Waals surface area contributed by atoms with Gasteiger partial charge in [0, 0.05) is 6.04 Å². The van der Waals surface area contributed by atoms with Gasteiger partial charge in [-0.2, -0.15) is 0 Å². The summed E-state index contributed by atoms with van der Waals surface area (Å²) in [6, 6.07) is 0.755. The van der Waals surface area contributed by atoms with Crippen LogP contribution in [0.4, 0.5) is 0 Å². The molecule has 17 heavy (non-hydrogen) atoms. The van der Waals surface area contributed by atoms with E-state index in [1.165, 1.54) is 38.6 Å². The summed E-state index contributed by atoms with van der Waals surface area (Å²) in [5, 5.41) is 3.83. The fourth-order valence-corrected chi connectivity index (χ4v) is 3.70. The fourth-order valence-electron chi connectivity index (χ4n) is 3.70. The van der Waals surface area contributed by atoms with E-state index >= 15 is 0 Å². The maximum atomic E-state index is 3.83. The van der Waals surface area contributed by atoms with Gasteiger partial charge in [-0.3, -0.25) is 0 Å². The lowest BCUT2D eigenvalue weighted by atomic mass is 9.71. The van der Waals surface area contributed by atoms with Crippen molar-refractivity contribution < 1.29 is 0 Å². The predicted octanol–water partition coefficient (Wildman–Crippen LogP) is 4.47. The highest BCUT2D eigenvalue weighted by atomic mass is 14.9. The van der Waals surface area contributed by atoms with Crippen LogP contribution in [0.2, 0.25) is 0 Å². The maximum Gasteiger partial charge on any atom is 0.0121 e. The molecular weight excluding hydrogens is 206 g/mol. The summed E-state index contributed by atoms with van der Waals surface area (Å²) in [4.78, 5) is 0. The van der Waals surface area contributed by atoms with Crippen LogP contribution in [0.3, 0.4) is 0 Å². The summed E-state index contributed by atoms with van der Waals surface area (Å²) in [6.45, 7) is 13.1. The molecular formula is C16H33N. The molecule has 1 nitrogen and oxygen atoms in total. The van der Waals surface area contributed by atoms with Crippen molar-refractivity contribution in [3.63, 3.8) is 0 Å². The van der Waals surface area contributed by atoms with E-state index in [1.807, 2.05) is 0 Å². The van der Waals surface area contributed by atoms with Gasteiger partial charge in [-0.1, -0.05) is 41.0 Å². The largest absolute Gasteiger partial charge is 0.313 e. The van der Waals surface area contributed by atoms with E-state index in [9.17, 15) is 0 Å². The molecule has 0 heterocycles. The Morgan fingerprint density at radius 2 is 1.65 bits per heavy atom. The topological polar surface area (TPSA) is 12.0 Å². The molecule has 4 atom stereocenters. The van der Waals surface area contributed by atoms with E-state index in [0.717, 1.165) is 29.7 Å². The molecule has 102 valence electrons. The Labute approximate surface area is 109 Å². The van der Waals surface area contributed by atoms with Crippen molar-refractivity contribution in [3.05, 3.63) is 0 Å². The van der Waals surface area contributed by atoms with E-state index in [1.54, 1.807) is 0 Å². The molecule has 0 aliphatic heterocycles. The van der Waals surface area contributed by atoms with Crippen LogP contribution in [0, 0.1) is 23.7 Å².